The number of nitrogens with one attached hydrogen (secondary N) is 2. The van der Waals surface area contributed by atoms with Crippen LogP contribution in [0.4, 0.5) is 5.69 Å². The maximum atomic E-state index is 12.4. The molecule has 1 unspecified atom stereocenters. The number of quaternary nitrogens is 1. The van der Waals surface area contributed by atoms with Crippen LogP contribution in [0, 0.1) is 0 Å². The van der Waals surface area contributed by atoms with Crippen molar-refractivity contribution in [2.75, 3.05) is 19.5 Å². The van der Waals surface area contributed by atoms with Crippen molar-refractivity contribution in [3.05, 3.63) is 58.1 Å². The molecular formula is C18H21Cl2N2O2+. The summed E-state index contributed by atoms with van der Waals surface area (Å²) in [5.74, 6) is 0.651. The smallest absolute Gasteiger partial charge is 0.282 e. The molecule has 0 aromatic heterocycles. The minimum absolute atomic E-state index is 0.0548. The van der Waals surface area contributed by atoms with Crippen molar-refractivity contribution in [2.45, 2.75) is 19.5 Å². The lowest BCUT2D eigenvalue weighted by Crippen LogP contribution is -3.12. The number of rotatable bonds is 6. The van der Waals surface area contributed by atoms with E-state index in [1.807, 2.05) is 44.3 Å². The molecular weight excluding hydrogens is 347 g/mol. The molecule has 0 saturated carbocycles. The fourth-order valence-corrected chi connectivity index (χ4v) is 2.62. The molecule has 0 spiro atoms. The zero-order valence-corrected chi connectivity index (χ0v) is 15.4. The van der Waals surface area contributed by atoms with Crippen LogP contribution in [0.15, 0.2) is 42.5 Å². The van der Waals surface area contributed by atoms with Crippen molar-refractivity contribution in [3.63, 3.8) is 0 Å². The lowest BCUT2D eigenvalue weighted by Gasteiger charge is -2.21. The van der Waals surface area contributed by atoms with E-state index in [1.54, 1.807) is 19.2 Å². The summed E-state index contributed by atoms with van der Waals surface area (Å²) in [5.41, 5.74) is 1.75. The van der Waals surface area contributed by atoms with Crippen LogP contribution in [0.3, 0.4) is 0 Å². The quantitative estimate of drug-likeness (QED) is 0.823. The SMILES string of the molecule is COc1cccc(NC(=O)[C@H](C)[NH+](C)Cc2ccc(Cl)c(Cl)c2)c1. The first kappa shape index (κ1) is 18.6. The molecule has 0 saturated heterocycles. The van der Waals surface area contributed by atoms with Gasteiger partial charge in [0.15, 0.2) is 6.04 Å². The van der Waals surface area contributed by atoms with Crippen LogP contribution in [0.25, 0.3) is 0 Å². The molecule has 1 amide bonds. The predicted octanol–water partition coefficient (Wildman–Crippen LogP) is 3.04. The molecule has 0 bridgehead atoms. The van der Waals surface area contributed by atoms with Gasteiger partial charge in [-0.25, -0.2) is 0 Å². The Morgan fingerprint density at radius 3 is 2.62 bits per heavy atom. The van der Waals surface area contributed by atoms with Gasteiger partial charge in [0.05, 0.1) is 24.2 Å². The van der Waals surface area contributed by atoms with Crippen molar-refractivity contribution in [3.8, 4) is 5.75 Å². The standard InChI is InChI=1S/C18H20Cl2N2O2/c1-12(18(23)21-14-5-4-6-15(10-14)24-3)22(2)11-13-7-8-16(19)17(20)9-13/h4-10,12H,11H2,1-3H3,(H,21,23)/p+1/t12-/m0/s1. The first-order valence-electron chi connectivity index (χ1n) is 7.62. The van der Waals surface area contributed by atoms with Crippen molar-refractivity contribution >= 4 is 34.8 Å². The van der Waals surface area contributed by atoms with E-state index < -0.39 is 0 Å². The summed E-state index contributed by atoms with van der Waals surface area (Å²) in [6, 6.07) is 12.6. The second-order valence-corrected chi connectivity index (χ2v) is 6.53. The highest BCUT2D eigenvalue weighted by atomic mass is 35.5. The molecule has 2 N–H and O–H groups in total. The average molecular weight is 368 g/mol. The molecule has 6 heteroatoms. The Hall–Kier alpha value is -1.75. The van der Waals surface area contributed by atoms with Gasteiger partial charge in [0.1, 0.15) is 12.3 Å². The van der Waals surface area contributed by atoms with Gasteiger partial charge in [-0.05, 0) is 31.2 Å². The van der Waals surface area contributed by atoms with Crippen molar-refractivity contribution in [1.82, 2.24) is 0 Å². The van der Waals surface area contributed by atoms with Crippen LogP contribution in [-0.4, -0.2) is 26.1 Å². The van der Waals surface area contributed by atoms with Gasteiger partial charge in [0.2, 0.25) is 0 Å². The van der Waals surface area contributed by atoms with Gasteiger partial charge in [-0.2, -0.15) is 0 Å². The summed E-state index contributed by atoms with van der Waals surface area (Å²) in [4.78, 5) is 13.5. The second-order valence-electron chi connectivity index (χ2n) is 5.71. The number of carbonyl (C=O) groups is 1. The number of carbonyl (C=O) groups excluding carboxylic acids is 1. The Kier molecular flexibility index (Phi) is 6.49. The number of anilines is 1. The Morgan fingerprint density at radius 1 is 1.21 bits per heavy atom. The highest BCUT2D eigenvalue weighted by Crippen LogP contribution is 2.22. The summed E-state index contributed by atoms with van der Waals surface area (Å²) in [6.45, 7) is 2.56. The van der Waals surface area contributed by atoms with E-state index in [0.717, 1.165) is 10.5 Å². The minimum Gasteiger partial charge on any atom is -0.497 e. The number of hydrogen-bond donors (Lipinski definition) is 2. The van der Waals surface area contributed by atoms with E-state index in [9.17, 15) is 4.79 Å². The van der Waals surface area contributed by atoms with Crippen molar-refractivity contribution in [2.24, 2.45) is 0 Å². The van der Waals surface area contributed by atoms with E-state index in [4.69, 9.17) is 27.9 Å². The molecule has 0 heterocycles. The molecule has 2 rings (SSSR count). The molecule has 2 aromatic rings. The van der Waals surface area contributed by atoms with Crippen LogP contribution in [0.5, 0.6) is 5.75 Å². The highest BCUT2D eigenvalue weighted by molar-refractivity contribution is 6.42. The Balaban J connectivity index is 1.99. The molecule has 24 heavy (non-hydrogen) atoms. The molecule has 0 aliphatic rings. The van der Waals surface area contributed by atoms with E-state index in [1.165, 1.54) is 0 Å². The summed E-state index contributed by atoms with van der Waals surface area (Å²) >= 11 is 12.0. The number of halogens is 2. The lowest BCUT2D eigenvalue weighted by molar-refractivity contribution is -0.907. The van der Waals surface area contributed by atoms with Gasteiger partial charge >= 0.3 is 0 Å². The summed E-state index contributed by atoms with van der Waals surface area (Å²) in [5, 5.41) is 3.97. The van der Waals surface area contributed by atoms with Gasteiger partial charge in [0, 0.05) is 17.3 Å². The van der Waals surface area contributed by atoms with Crippen molar-refractivity contribution in [1.29, 1.82) is 0 Å². The number of hydrogen-bond acceptors (Lipinski definition) is 2. The maximum absolute atomic E-state index is 12.4. The third kappa shape index (κ3) is 4.87. The van der Waals surface area contributed by atoms with Crippen LogP contribution < -0.4 is 15.0 Å². The summed E-state index contributed by atoms with van der Waals surface area (Å²) < 4.78 is 5.16. The molecule has 0 fully saturated rings. The minimum atomic E-state index is -0.231. The maximum Gasteiger partial charge on any atom is 0.282 e. The number of amides is 1. The normalized spacial score (nSPS) is 13.2. The van der Waals surface area contributed by atoms with E-state index in [0.29, 0.717) is 28.0 Å². The first-order valence-corrected chi connectivity index (χ1v) is 8.37. The molecule has 128 valence electrons. The Labute approximate surface area is 152 Å². The summed E-state index contributed by atoms with van der Waals surface area (Å²) in [6.07, 6.45) is 0. The number of methoxy groups -OCH3 is 1. The zero-order valence-electron chi connectivity index (χ0n) is 13.9. The number of likely N-dealkylation sites (N-methyl/N-ethyl adjacent to an activating group) is 1. The van der Waals surface area contributed by atoms with Crippen molar-refractivity contribution < 1.29 is 14.4 Å². The lowest BCUT2D eigenvalue weighted by atomic mass is 10.2. The molecule has 0 aliphatic heterocycles. The van der Waals surface area contributed by atoms with Gasteiger partial charge in [-0.3, -0.25) is 4.79 Å². The van der Waals surface area contributed by atoms with Crippen LogP contribution in [0.1, 0.15) is 12.5 Å². The van der Waals surface area contributed by atoms with E-state index >= 15 is 0 Å². The first-order chi connectivity index (χ1) is 11.4. The molecule has 4 nitrogen and oxygen atoms in total. The molecule has 2 atom stereocenters. The number of benzene rings is 2. The molecule has 0 aliphatic carbocycles. The Bertz CT molecular complexity index is 722. The third-order valence-electron chi connectivity index (χ3n) is 3.94. The van der Waals surface area contributed by atoms with Crippen LogP contribution in [0.2, 0.25) is 10.0 Å². The average Bonchev–Trinajstić information content (AvgIpc) is 2.57. The second kappa shape index (κ2) is 8.38. The topological polar surface area (TPSA) is 42.8 Å². The predicted molar refractivity (Wildman–Crippen MR) is 98.1 cm³/mol. The van der Waals surface area contributed by atoms with Gasteiger partial charge in [0.25, 0.3) is 5.91 Å². The van der Waals surface area contributed by atoms with E-state index in [-0.39, 0.29) is 11.9 Å². The molecule has 2 aromatic carbocycles. The van der Waals surface area contributed by atoms with Crippen LogP contribution in [-0.2, 0) is 11.3 Å². The number of ether oxygens (including phenoxy) is 1. The highest BCUT2D eigenvalue weighted by Gasteiger charge is 2.22. The largest absolute Gasteiger partial charge is 0.497 e. The van der Waals surface area contributed by atoms with E-state index in [2.05, 4.69) is 5.32 Å². The van der Waals surface area contributed by atoms with Gasteiger partial charge in [-0.15, -0.1) is 0 Å². The monoisotopic (exact) mass is 367 g/mol. The van der Waals surface area contributed by atoms with Gasteiger partial charge in [-0.1, -0.05) is 35.3 Å². The van der Waals surface area contributed by atoms with Gasteiger partial charge < -0.3 is 15.0 Å². The summed E-state index contributed by atoms with van der Waals surface area (Å²) in [7, 11) is 3.57. The van der Waals surface area contributed by atoms with Crippen LogP contribution >= 0.6 is 23.2 Å². The Morgan fingerprint density at radius 2 is 1.96 bits per heavy atom. The zero-order chi connectivity index (χ0) is 17.7. The molecule has 0 radical (unpaired) electrons. The fraction of sp³-hybridized carbons (Fsp3) is 0.278. The fourth-order valence-electron chi connectivity index (χ4n) is 2.30. The third-order valence-corrected chi connectivity index (χ3v) is 4.68.